The van der Waals surface area contributed by atoms with Crippen molar-refractivity contribution in [3.8, 4) is 0 Å². The highest BCUT2D eigenvalue weighted by molar-refractivity contribution is 7.17. The second-order valence-electron chi connectivity index (χ2n) is 3.97. The van der Waals surface area contributed by atoms with E-state index in [0.29, 0.717) is 14.9 Å². The first kappa shape index (κ1) is 12.9. The molecule has 0 aliphatic carbocycles. The summed E-state index contributed by atoms with van der Waals surface area (Å²) in [6, 6.07) is 10.8. The summed E-state index contributed by atoms with van der Waals surface area (Å²) in [5.74, 6) is -0.115. The molecule has 0 bridgehead atoms. The van der Waals surface area contributed by atoms with Crippen LogP contribution in [0.5, 0.6) is 0 Å². The molecule has 0 saturated heterocycles. The predicted molar refractivity (Wildman–Crippen MR) is 76.1 cm³/mol. The van der Waals surface area contributed by atoms with Gasteiger partial charge in [-0.15, -0.1) is 11.3 Å². The number of nitrogens with one attached hydrogen (secondary N) is 1. The number of nitrogen functional groups attached to an aromatic ring is 1. The lowest BCUT2D eigenvalue weighted by Crippen LogP contribution is -2.25. The van der Waals surface area contributed by atoms with E-state index in [0.717, 1.165) is 5.56 Å². The number of halogens is 1. The fraction of sp³-hybridized carbons (Fsp3) is 0.154. The van der Waals surface area contributed by atoms with Gasteiger partial charge >= 0.3 is 0 Å². The lowest BCUT2D eigenvalue weighted by Gasteiger charge is -2.13. The minimum Gasteiger partial charge on any atom is -0.399 e. The van der Waals surface area contributed by atoms with Crippen molar-refractivity contribution in [2.75, 3.05) is 5.73 Å². The fourth-order valence-corrected chi connectivity index (χ4v) is 2.52. The van der Waals surface area contributed by atoms with Gasteiger partial charge in [0.05, 0.1) is 15.3 Å². The predicted octanol–water partition coefficient (Wildman–Crippen LogP) is 3.47. The summed E-state index contributed by atoms with van der Waals surface area (Å²) >= 11 is 7.07. The summed E-state index contributed by atoms with van der Waals surface area (Å²) in [6.45, 7) is 1.93. The maximum atomic E-state index is 11.9. The summed E-state index contributed by atoms with van der Waals surface area (Å²) < 4.78 is 0.611. The number of benzene rings is 1. The highest BCUT2D eigenvalue weighted by Gasteiger charge is 2.12. The van der Waals surface area contributed by atoms with Crippen LogP contribution in [0, 0.1) is 0 Å². The van der Waals surface area contributed by atoms with Gasteiger partial charge in [-0.3, -0.25) is 4.79 Å². The average Bonchev–Trinajstić information content (AvgIpc) is 2.76. The number of anilines is 1. The van der Waals surface area contributed by atoms with Gasteiger partial charge in [-0.25, -0.2) is 0 Å². The molecule has 1 heterocycles. The maximum Gasteiger partial charge on any atom is 0.261 e. The standard InChI is InChI=1S/C13H13ClN2OS/c1-8(9-2-4-10(15)5-3-9)16-13(17)11-6-7-12(14)18-11/h2-8H,15H2,1H3,(H,16,17). The number of amides is 1. The first-order chi connectivity index (χ1) is 8.56. The molecule has 0 spiro atoms. The number of hydrogen-bond acceptors (Lipinski definition) is 3. The zero-order chi connectivity index (χ0) is 13.1. The largest absolute Gasteiger partial charge is 0.399 e. The zero-order valence-electron chi connectivity index (χ0n) is 9.81. The van der Waals surface area contributed by atoms with E-state index in [2.05, 4.69) is 5.32 Å². The molecule has 5 heteroatoms. The minimum absolute atomic E-state index is 0.0704. The number of rotatable bonds is 3. The molecule has 1 aromatic heterocycles. The van der Waals surface area contributed by atoms with Gasteiger partial charge in [0.25, 0.3) is 5.91 Å². The van der Waals surface area contributed by atoms with Gasteiger partial charge in [-0.05, 0) is 36.8 Å². The van der Waals surface area contributed by atoms with E-state index in [1.807, 2.05) is 31.2 Å². The van der Waals surface area contributed by atoms with Crippen molar-refractivity contribution in [1.82, 2.24) is 5.32 Å². The van der Waals surface area contributed by atoms with Crippen LogP contribution in [-0.2, 0) is 0 Å². The van der Waals surface area contributed by atoms with Gasteiger partial charge in [0, 0.05) is 5.69 Å². The highest BCUT2D eigenvalue weighted by atomic mass is 35.5. The second-order valence-corrected chi connectivity index (χ2v) is 5.68. The maximum absolute atomic E-state index is 11.9. The monoisotopic (exact) mass is 280 g/mol. The lowest BCUT2D eigenvalue weighted by molar-refractivity contribution is 0.0944. The number of carbonyl (C=O) groups excluding carboxylic acids is 1. The molecule has 0 aliphatic rings. The number of carbonyl (C=O) groups is 1. The first-order valence-electron chi connectivity index (χ1n) is 5.48. The van der Waals surface area contributed by atoms with Crippen molar-refractivity contribution in [3.05, 3.63) is 51.2 Å². The van der Waals surface area contributed by atoms with Gasteiger partial charge in [0.2, 0.25) is 0 Å². The van der Waals surface area contributed by atoms with Crippen molar-refractivity contribution in [2.24, 2.45) is 0 Å². The fourth-order valence-electron chi connectivity index (χ4n) is 1.57. The third-order valence-corrected chi connectivity index (χ3v) is 3.81. The molecule has 1 aromatic carbocycles. The quantitative estimate of drug-likeness (QED) is 0.846. The van der Waals surface area contributed by atoms with Crippen LogP contribution in [0.3, 0.4) is 0 Å². The SMILES string of the molecule is CC(NC(=O)c1ccc(Cl)s1)c1ccc(N)cc1. The molecule has 0 saturated carbocycles. The number of hydrogen-bond donors (Lipinski definition) is 2. The summed E-state index contributed by atoms with van der Waals surface area (Å²) in [5.41, 5.74) is 7.35. The summed E-state index contributed by atoms with van der Waals surface area (Å²) in [5, 5.41) is 2.92. The van der Waals surface area contributed by atoms with Crippen LogP contribution in [-0.4, -0.2) is 5.91 Å². The van der Waals surface area contributed by atoms with Crippen molar-refractivity contribution < 1.29 is 4.79 Å². The third-order valence-electron chi connectivity index (χ3n) is 2.58. The first-order valence-corrected chi connectivity index (χ1v) is 6.67. The molecule has 1 unspecified atom stereocenters. The van der Waals surface area contributed by atoms with Crippen LogP contribution < -0.4 is 11.1 Å². The van der Waals surface area contributed by atoms with Gasteiger partial charge < -0.3 is 11.1 Å². The van der Waals surface area contributed by atoms with Crippen LogP contribution in [0.25, 0.3) is 0 Å². The molecule has 1 amide bonds. The summed E-state index contributed by atoms with van der Waals surface area (Å²) in [6.07, 6.45) is 0. The topological polar surface area (TPSA) is 55.1 Å². The van der Waals surface area contributed by atoms with Crippen LogP contribution in [0.1, 0.15) is 28.2 Å². The van der Waals surface area contributed by atoms with E-state index in [4.69, 9.17) is 17.3 Å². The molecular weight excluding hydrogens is 268 g/mol. The Kier molecular flexibility index (Phi) is 3.89. The molecule has 0 fully saturated rings. The van der Waals surface area contributed by atoms with E-state index in [1.165, 1.54) is 11.3 Å². The van der Waals surface area contributed by atoms with Crippen molar-refractivity contribution in [1.29, 1.82) is 0 Å². The molecule has 94 valence electrons. The molecule has 0 radical (unpaired) electrons. The van der Waals surface area contributed by atoms with Gasteiger partial charge in [0.1, 0.15) is 0 Å². The Hall–Kier alpha value is -1.52. The Balaban J connectivity index is 2.05. The van der Waals surface area contributed by atoms with Gasteiger partial charge in [-0.2, -0.15) is 0 Å². The molecule has 18 heavy (non-hydrogen) atoms. The number of thiophene rings is 1. The van der Waals surface area contributed by atoms with Crippen LogP contribution in [0.2, 0.25) is 4.34 Å². The van der Waals surface area contributed by atoms with E-state index in [9.17, 15) is 4.79 Å². The molecule has 0 aliphatic heterocycles. The Labute approximate surface area is 115 Å². The smallest absolute Gasteiger partial charge is 0.261 e. The summed E-state index contributed by atoms with van der Waals surface area (Å²) in [4.78, 5) is 12.5. The van der Waals surface area contributed by atoms with Crippen molar-refractivity contribution >= 4 is 34.5 Å². The van der Waals surface area contributed by atoms with Gasteiger partial charge in [0.15, 0.2) is 0 Å². The zero-order valence-corrected chi connectivity index (χ0v) is 11.4. The van der Waals surface area contributed by atoms with Crippen molar-refractivity contribution in [2.45, 2.75) is 13.0 Å². The van der Waals surface area contributed by atoms with Crippen LogP contribution in [0.15, 0.2) is 36.4 Å². The molecule has 2 rings (SSSR count). The number of nitrogens with two attached hydrogens (primary N) is 1. The van der Waals surface area contributed by atoms with E-state index in [-0.39, 0.29) is 11.9 Å². The van der Waals surface area contributed by atoms with Crippen LogP contribution >= 0.6 is 22.9 Å². The minimum atomic E-state index is -0.115. The molecule has 3 N–H and O–H groups in total. The third kappa shape index (κ3) is 3.03. The Morgan fingerprint density at radius 1 is 1.28 bits per heavy atom. The Bertz CT molecular complexity index is 550. The second kappa shape index (κ2) is 5.42. The highest BCUT2D eigenvalue weighted by Crippen LogP contribution is 2.22. The normalized spacial score (nSPS) is 12.1. The van der Waals surface area contributed by atoms with E-state index < -0.39 is 0 Å². The van der Waals surface area contributed by atoms with E-state index >= 15 is 0 Å². The van der Waals surface area contributed by atoms with Crippen molar-refractivity contribution in [3.63, 3.8) is 0 Å². The average molecular weight is 281 g/mol. The Morgan fingerprint density at radius 3 is 2.50 bits per heavy atom. The molecule has 2 aromatic rings. The van der Waals surface area contributed by atoms with Gasteiger partial charge in [-0.1, -0.05) is 23.7 Å². The molecular formula is C13H13ClN2OS. The Morgan fingerprint density at radius 2 is 1.94 bits per heavy atom. The molecule has 1 atom stereocenters. The van der Waals surface area contributed by atoms with E-state index in [1.54, 1.807) is 12.1 Å². The lowest BCUT2D eigenvalue weighted by atomic mass is 10.1. The molecule has 3 nitrogen and oxygen atoms in total. The summed E-state index contributed by atoms with van der Waals surface area (Å²) in [7, 11) is 0. The van der Waals surface area contributed by atoms with Crippen LogP contribution in [0.4, 0.5) is 5.69 Å².